The van der Waals surface area contributed by atoms with E-state index < -0.39 is 0 Å². The Morgan fingerprint density at radius 3 is 1.89 bits per heavy atom. The van der Waals surface area contributed by atoms with E-state index in [-0.39, 0.29) is 0 Å². The summed E-state index contributed by atoms with van der Waals surface area (Å²) in [6.07, 6.45) is 9.03. The summed E-state index contributed by atoms with van der Waals surface area (Å²) in [4.78, 5) is 12.0. The van der Waals surface area contributed by atoms with Gasteiger partial charge in [-0.1, -0.05) is 12.1 Å². The molecule has 27 heavy (non-hydrogen) atoms. The lowest BCUT2D eigenvalue weighted by molar-refractivity contribution is 0.791. The van der Waals surface area contributed by atoms with Gasteiger partial charge in [0, 0.05) is 50.6 Å². The van der Waals surface area contributed by atoms with Crippen LogP contribution in [-0.4, -0.2) is 36.1 Å². The highest BCUT2D eigenvalue weighted by molar-refractivity contribution is 5.09. The van der Waals surface area contributed by atoms with E-state index in [1.807, 2.05) is 69.8 Å². The van der Waals surface area contributed by atoms with Crippen LogP contribution in [0.2, 0.25) is 0 Å². The maximum absolute atomic E-state index is 4.11. The van der Waals surface area contributed by atoms with Gasteiger partial charge in [-0.3, -0.25) is 15.0 Å². The SMILES string of the molecule is CNCc1ccccn1.CNCc1cccnc1.CNCc1ccncc1. The molecule has 3 rings (SSSR count). The third-order valence-corrected chi connectivity index (χ3v) is 3.32. The van der Waals surface area contributed by atoms with Gasteiger partial charge in [-0.15, -0.1) is 0 Å². The maximum atomic E-state index is 4.11. The lowest BCUT2D eigenvalue weighted by Crippen LogP contribution is -2.05. The molecule has 0 aliphatic rings. The number of pyridine rings is 3. The third-order valence-electron chi connectivity index (χ3n) is 3.32. The third kappa shape index (κ3) is 11.5. The first kappa shape index (κ1) is 22.4. The van der Waals surface area contributed by atoms with Crippen molar-refractivity contribution in [2.45, 2.75) is 19.6 Å². The molecule has 3 N–H and O–H groups in total. The Hall–Kier alpha value is -2.67. The first-order valence-corrected chi connectivity index (χ1v) is 8.91. The molecule has 144 valence electrons. The van der Waals surface area contributed by atoms with E-state index in [4.69, 9.17) is 0 Å². The number of hydrogen-bond donors (Lipinski definition) is 3. The van der Waals surface area contributed by atoms with Gasteiger partial charge in [0.25, 0.3) is 0 Å². The highest BCUT2D eigenvalue weighted by Crippen LogP contribution is 1.93. The van der Waals surface area contributed by atoms with Crippen molar-refractivity contribution in [3.8, 4) is 0 Å². The Morgan fingerprint density at radius 2 is 1.33 bits per heavy atom. The molecule has 6 nitrogen and oxygen atoms in total. The largest absolute Gasteiger partial charge is 0.316 e. The Labute approximate surface area is 162 Å². The van der Waals surface area contributed by atoms with Crippen molar-refractivity contribution in [3.63, 3.8) is 0 Å². The molecule has 3 aromatic heterocycles. The summed E-state index contributed by atoms with van der Waals surface area (Å²) in [6.45, 7) is 2.66. The van der Waals surface area contributed by atoms with E-state index >= 15 is 0 Å². The fourth-order valence-electron chi connectivity index (χ4n) is 2.10. The van der Waals surface area contributed by atoms with Crippen LogP contribution < -0.4 is 16.0 Å². The molecule has 0 atom stereocenters. The average Bonchev–Trinajstić information content (AvgIpc) is 2.72. The van der Waals surface area contributed by atoms with Crippen molar-refractivity contribution in [3.05, 3.63) is 90.3 Å². The molecule has 0 saturated carbocycles. The molecule has 0 aliphatic heterocycles. The first-order chi connectivity index (χ1) is 13.3. The first-order valence-electron chi connectivity index (χ1n) is 8.91. The zero-order valence-corrected chi connectivity index (χ0v) is 16.4. The molecule has 3 aromatic rings. The van der Waals surface area contributed by atoms with Crippen LogP contribution in [0, 0.1) is 0 Å². The number of aromatic nitrogens is 3. The summed E-state index contributed by atoms with van der Waals surface area (Å²) >= 11 is 0. The molecule has 0 radical (unpaired) electrons. The lowest BCUT2D eigenvalue weighted by atomic mass is 10.3. The number of rotatable bonds is 6. The average molecular weight is 367 g/mol. The Bertz CT molecular complexity index is 578. The lowest BCUT2D eigenvalue weighted by Gasteiger charge is -1.95. The second-order valence-corrected chi connectivity index (χ2v) is 5.63. The van der Waals surface area contributed by atoms with E-state index in [9.17, 15) is 0 Å². The predicted octanol–water partition coefficient (Wildman–Crippen LogP) is 2.40. The molecule has 0 aliphatic carbocycles. The van der Waals surface area contributed by atoms with Crippen molar-refractivity contribution in [1.82, 2.24) is 30.9 Å². The highest BCUT2D eigenvalue weighted by atomic mass is 14.8. The van der Waals surface area contributed by atoms with Gasteiger partial charge in [0.15, 0.2) is 0 Å². The van der Waals surface area contributed by atoms with E-state index in [0.717, 1.165) is 25.3 Å². The summed E-state index contributed by atoms with van der Waals surface area (Å²) in [5.74, 6) is 0. The molecule has 0 fully saturated rings. The van der Waals surface area contributed by atoms with Gasteiger partial charge >= 0.3 is 0 Å². The Balaban J connectivity index is 0.000000202. The van der Waals surface area contributed by atoms with Crippen LogP contribution in [0.15, 0.2) is 73.4 Å². The second-order valence-electron chi connectivity index (χ2n) is 5.63. The molecule has 0 aromatic carbocycles. The van der Waals surface area contributed by atoms with Crippen molar-refractivity contribution in [2.75, 3.05) is 21.1 Å². The summed E-state index contributed by atoms with van der Waals surface area (Å²) < 4.78 is 0. The van der Waals surface area contributed by atoms with Gasteiger partial charge in [0.1, 0.15) is 0 Å². The quantitative estimate of drug-likeness (QED) is 0.622. The van der Waals surface area contributed by atoms with Crippen molar-refractivity contribution in [2.24, 2.45) is 0 Å². The minimum Gasteiger partial charge on any atom is -0.316 e. The summed E-state index contributed by atoms with van der Waals surface area (Å²) in [5, 5.41) is 9.12. The summed E-state index contributed by atoms with van der Waals surface area (Å²) in [6, 6.07) is 13.9. The van der Waals surface area contributed by atoms with Gasteiger partial charge in [0.05, 0.1) is 5.69 Å². The van der Waals surface area contributed by atoms with Gasteiger partial charge in [-0.2, -0.15) is 0 Å². The van der Waals surface area contributed by atoms with Crippen LogP contribution in [0.3, 0.4) is 0 Å². The standard InChI is InChI=1S/3C7H10N2/c1-8-6-7-2-4-9-5-3-7;1-8-5-7-3-2-4-9-6-7;1-8-6-7-4-2-3-5-9-7/h2-5,8H,6H2,1H3;2-4,6,8H,5H2,1H3;2-5,8H,6H2,1H3. The fraction of sp³-hybridized carbons (Fsp3) is 0.286. The van der Waals surface area contributed by atoms with Crippen LogP contribution in [-0.2, 0) is 19.6 Å². The zero-order chi connectivity index (χ0) is 19.6. The van der Waals surface area contributed by atoms with Crippen LogP contribution in [0.4, 0.5) is 0 Å². The highest BCUT2D eigenvalue weighted by Gasteiger charge is 1.86. The molecule has 0 spiro atoms. The van der Waals surface area contributed by atoms with Crippen molar-refractivity contribution >= 4 is 0 Å². The smallest absolute Gasteiger partial charge is 0.0541 e. The van der Waals surface area contributed by atoms with E-state index in [0.29, 0.717) is 0 Å². The monoisotopic (exact) mass is 366 g/mol. The molecule has 0 saturated heterocycles. The van der Waals surface area contributed by atoms with Crippen molar-refractivity contribution < 1.29 is 0 Å². The van der Waals surface area contributed by atoms with Gasteiger partial charge < -0.3 is 16.0 Å². The van der Waals surface area contributed by atoms with Crippen molar-refractivity contribution in [1.29, 1.82) is 0 Å². The zero-order valence-electron chi connectivity index (χ0n) is 16.4. The van der Waals surface area contributed by atoms with E-state index in [1.165, 1.54) is 11.1 Å². The van der Waals surface area contributed by atoms with Gasteiger partial charge in [-0.05, 0) is 62.6 Å². The summed E-state index contributed by atoms with van der Waals surface area (Å²) in [7, 11) is 5.77. The summed E-state index contributed by atoms with van der Waals surface area (Å²) in [5.41, 5.74) is 3.58. The number of nitrogens with zero attached hydrogens (tertiary/aromatic N) is 3. The minimum atomic E-state index is 0.848. The van der Waals surface area contributed by atoms with Gasteiger partial charge in [-0.25, -0.2) is 0 Å². The van der Waals surface area contributed by atoms with Crippen LogP contribution in [0.25, 0.3) is 0 Å². The van der Waals surface area contributed by atoms with Crippen LogP contribution in [0.1, 0.15) is 16.8 Å². The number of hydrogen-bond acceptors (Lipinski definition) is 6. The van der Waals surface area contributed by atoms with Crippen LogP contribution in [0.5, 0.6) is 0 Å². The second kappa shape index (κ2) is 15.6. The molecule has 0 amide bonds. The molecular weight excluding hydrogens is 336 g/mol. The Kier molecular flexibility index (Phi) is 12.9. The molecule has 6 heteroatoms. The predicted molar refractivity (Wildman–Crippen MR) is 111 cm³/mol. The maximum Gasteiger partial charge on any atom is 0.0541 e. The normalized spacial score (nSPS) is 9.44. The van der Waals surface area contributed by atoms with E-state index in [1.54, 1.807) is 24.8 Å². The molecule has 0 unspecified atom stereocenters. The van der Waals surface area contributed by atoms with Gasteiger partial charge in [0.2, 0.25) is 0 Å². The minimum absolute atomic E-state index is 0.848. The molecular formula is C21H30N6. The Morgan fingerprint density at radius 1 is 0.630 bits per heavy atom. The fourth-order valence-corrected chi connectivity index (χ4v) is 2.10. The van der Waals surface area contributed by atoms with Crippen LogP contribution >= 0.6 is 0 Å². The number of nitrogens with one attached hydrogen (secondary N) is 3. The molecule has 0 bridgehead atoms. The van der Waals surface area contributed by atoms with E-state index in [2.05, 4.69) is 30.9 Å². The molecule has 3 heterocycles. The topological polar surface area (TPSA) is 74.8 Å².